The maximum atomic E-state index is 13.2. The summed E-state index contributed by atoms with van der Waals surface area (Å²) in [5.74, 6) is -4.88. The van der Waals surface area contributed by atoms with Crippen LogP contribution in [0.25, 0.3) is 0 Å². The second-order valence-electron chi connectivity index (χ2n) is 6.53. The fourth-order valence-corrected chi connectivity index (χ4v) is 3.34. The zero-order valence-electron chi connectivity index (χ0n) is 13.7. The van der Waals surface area contributed by atoms with Crippen LogP contribution in [0.3, 0.4) is 0 Å². The molecule has 5 heteroatoms. The fraction of sp³-hybridized carbons (Fsp3) is 0.350. The van der Waals surface area contributed by atoms with Gasteiger partial charge in [0.2, 0.25) is 0 Å². The number of ether oxygens (including phenoxy) is 1. The van der Waals surface area contributed by atoms with E-state index in [1.54, 1.807) is 0 Å². The Bertz CT molecular complexity index is 715. The third-order valence-electron chi connectivity index (χ3n) is 4.72. The minimum absolute atomic E-state index is 0.289. The monoisotopic (exact) mass is 348 g/mol. The van der Waals surface area contributed by atoms with E-state index >= 15 is 0 Å². The molecule has 0 aliphatic heterocycles. The van der Waals surface area contributed by atoms with E-state index in [-0.39, 0.29) is 11.7 Å². The minimum atomic E-state index is -1.57. The standard InChI is InChI=1S/C20H19F3O2/c21-17-11-16(12-18(22)19(17)23)25-20(24)15-8-6-14(7-9-15)10-13-4-2-1-3-5-13/h1-5,11-12,14-15H,6-10H2/t14-,15-. The normalized spacial score (nSPS) is 20.3. The summed E-state index contributed by atoms with van der Waals surface area (Å²) in [4.78, 5) is 12.2. The molecule has 0 saturated heterocycles. The molecule has 2 aromatic carbocycles. The number of rotatable bonds is 4. The van der Waals surface area contributed by atoms with Gasteiger partial charge in [-0.15, -0.1) is 0 Å². The minimum Gasteiger partial charge on any atom is -0.426 e. The molecule has 25 heavy (non-hydrogen) atoms. The van der Waals surface area contributed by atoms with Crippen molar-refractivity contribution in [1.82, 2.24) is 0 Å². The highest BCUT2D eigenvalue weighted by Crippen LogP contribution is 2.32. The van der Waals surface area contributed by atoms with Gasteiger partial charge in [0.1, 0.15) is 5.75 Å². The van der Waals surface area contributed by atoms with Crippen molar-refractivity contribution in [2.75, 3.05) is 0 Å². The van der Waals surface area contributed by atoms with E-state index in [1.165, 1.54) is 5.56 Å². The molecule has 0 aromatic heterocycles. The van der Waals surface area contributed by atoms with Crippen molar-refractivity contribution in [2.24, 2.45) is 11.8 Å². The van der Waals surface area contributed by atoms with Crippen molar-refractivity contribution in [3.8, 4) is 5.75 Å². The van der Waals surface area contributed by atoms with Crippen LogP contribution in [0, 0.1) is 29.3 Å². The number of benzene rings is 2. The van der Waals surface area contributed by atoms with E-state index in [0.717, 1.165) is 19.3 Å². The second-order valence-corrected chi connectivity index (χ2v) is 6.53. The summed E-state index contributed by atoms with van der Waals surface area (Å²) < 4.78 is 44.3. The lowest BCUT2D eigenvalue weighted by Gasteiger charge is -2.27. The van der Waals surface area contributed by atoms with Crippen molar-refractivity contribution in [1.29, 1.82) is 0 Å². The number of hydrogen-bond acceptors (Lipinski definition) is 2. The Hall–Kier alpha value is -2.30. The predicted octanol–water partition coefficient (Wildman–Crippen LogP) is 5.06. The molecule has 0 unspecified atom stereocenters. The van der Waals surface area contributed by atoms with E-state index in [1.807, 2.05) is 18.2 Å². The number of hydrogen-bond donors (Lipinski definition) is 0. The van der Waals surface area contributed by atoms with Crippen LogP contribution in [0.1, 0.15) is 31.2 Å². The molecular formula is C20H19F3O2. The number of esters is 1. The van der Waals surface area contributed by atoms with Gasteiger partial charge >= 0.3 is 5.97 Å². The zero-order valence-corrected chi connectivity index (χ0v) is 13.7. The molecule has 2 nitrogen and oxygen atoms in total. The molecule has 2 aromatic rings. The Balaban J connectivity index is 1.53. The van der Waals surface area contributed by atoms with Gasteiger partial charge in [0.05, 0.1) is 5.92 Å². The van der Waals surface area contributed by atoms with E-state index in [0.29, 0.717) is 30.9 Å². The molecule has 1 fully saturated rings. The van der Waals surface area contributed by atoms with Gasteiger partial charge in [-0.3, -0.25) is 4.79 Å². The lowest BCUT2D eigenvalue weighted by atomic mass is 9.79. The Morgan fingerprint density at radius 1 is 0.960 bits per heavy atom. The van der Waals surface area contributed by atoms with Gasteiger partial charge in [-0.05, 0) is 43.6 Å². The fourth-order valence-electron chi connectivity index (χ4n) is 3.34. The first-order valence-electron chi connectivity index (χ1n) is 8.43. The Kier molecular flexibility index (Phi) is 5.41. The Morgan fingerprint density at radius 3 is 2.16 bits per heavy atom. The summed E-state index contributed by atoms with van der Waals surface area (Å²) in [6, 6.07) is 11.6. The van der Waals surface area contributed by atoms with Gasteiger partial charge in [0.15, 0.2) is 17.5 Å². The summed E-state index contributed by atoms with van der Waals surface area (Å²) in [6.45, 7) is 0. The molecule has 0 heterocycles. The average molecular weight is 348 g/mol. The maximum Gasteiger partial charge on any atom is 0.314 e. The van der Waals surface area contributed by atoms with Gasteiger partial charge < -0.3 is 4.74 Å². The quantitative estimate of drug-likeness (QED) is 0.439. The highest BCUT2D eigenvalue weighted by atomic mass is 19.2. The largest absolute Gasteiger partial charge is 0.426 e. The van der Waals surface area contributed by atoms with Gasteiger partial charge in [0.25, 0.3) is 0 Å². The Labute approximate surface area is 144 Å². The van der Waals surface area contributed by atoms with Crippen LogP contribution in [0.4, 0.5) is 13.2 Å². The molecule has 0 spiro atoms. The van der Waals surface area contributed by atoms with Crippen molar-refractivity contribution in [2.45, 2.75) is 32.1 Å². The van der Waals surface area contributed by atoms with Gasteiger partial charge in [-0.25, -0.2) is 13.2 Å². The van der Waals surface area contributed by atoms with Crippen LogP contribution < -0.4 is 4.74 Å². The van der Waals surface area contributed by atoms with Crippen molar-refractivity contribution in [3.63, 3.8) is 0 Å². The molecule has 132 valence electrons. The smallest absolute Gasteiger partial charge is 0.314 e. The van der Waals surface area contributed by atoms with Crippen LogP contribution in [-0.2, 0) is 11.2 Å². The molecular weight excluding hydrogens is 329 g/mol. The molecule has 0 amide bonds. The first-order chi connectivity index (χ1) is 12.0. The van der Waals surface area contributed by atoms with E-state index < -0.39 is 23.4 Å². The third kappa shape index (κ3) is 4.41. The summed E-state index contributed by atoms with van der Waals surface area (Å²) in [6.07, 6.45) is 4.16. The molecule has 1 saturated carbocycles. The van der Waals surface area contributed by atoms with E-state index in [9.17, 15) is 18.0 Å². The van der Waals surface area contributed by atoms with Crippen LogP contribution in [0.15, 0.2) is 42.5 Å². The lowest BCUT2D eigenvalue weighted by molar-refractivity contribution is -0.140. The molecule has 1 aliphatic rings. The highest BCUT2D eigenvalue weighted by molar-refractivity contribution is 5.75. The SMILES string of the molecule is O=C(Oc1cc(F)c(F)c(F)c1)[C@H]1CC[C@H](Cc2ccccc2)CC1. The second kappa shape index (κ2) is 7.72. The van der Waals surface area contributed by atoms with Crippen molar-refractivity contribution in [3.05, 3.63) is 65.5 Å². The first-order valence-corrected chi connectivity index (χ1v) is 8.43. The van der Waals surface area contributed by atoms with Gasteiger partial charge in [0, 0.05) is 12.1 Å². The number of halogens is 3. The summed E-state index contributed by atoms with van der Waals surface area (Å²) in [5, 5.41) is 0. The molecule has 0 atom stereocenters. The van der Waals surface area contributed by atoms with Crippen LogP contribution in [0.2, 0.25) is 0 Å². The maximum absolute atomic E-state index is 13.2. The van der Waals surface area contributed by atoms with E-state index in [2.05, 4.69) is 12.1 Å². The molecule has 0 N–H and O–H groups in total. The van der Waals surface area contributed by atoms with Gasteiger partial charge in [-0.1, -0.05) is 30.3 Å². The van der Waals surface area contributed by atoms with Gasteiger partial charge in [-0.2, -0.15) is 0 Å². The molecule has 1 aliphatic carbocycles. The van der Waals surface area contributed by atoms with Crippen molar-refractivity contribution < 1.29 is 22.7 Å². The van der Waals surface area contributed by atoms with Crippen LogP contribution in [-0.4, -0.2) is 5.97 Å². The third-order valence-corrected chi connectivity index (χ3v) is 4.72. The number of carbonyl (C=O) groups excluding carboxylic acids is 1. The van der Waals surface area contributed by atoms with Crippen LogP contribution >= 0.6 is 0 Å². The molecule has 0 radical (unpaired) electrons. The highest BCUT2D eigenvalue weighted by Gasteiger charge is 2.28. The summed E-state index contributed by atoms with van der Waals surface area (Å²) in [5.41, 5.74) is 1.28. The zero-order chi connectivity index (χ0) is 17.8. The average Bonchev–Trinajstić information content (AvgIpc) is 2.61. The summed E-state index contributed by atoms with van der Waals surface area (Å²) >= 11 is 0. The first kappa shape index (κ1) is 17.5. The predicted molar refractivity (Wildman–Crippen MR) is 87.5 cm³/mol. The lowest BCUT2D eigenvalue weighted by Crippen LogP contribution is -2.26. The molecule has 3 rings (SSSR count). The van der Waals surface area contributed by atoms with Crippen LogP contribution in [0.5, 0.6) is 5.75 Å². The van der Waals surface area contributed by atoms with Crippen molar-refractivity contribution >= 4 is 5.97 Å². The topological polar surface area (TPSA) is 26.3 Å². The molecule has 0 bridgehead atoms. The van der Waals surface area contributed by atoms with E-state index in [4.69, 9.17) is 4.74 Å². The Morgan fingerprint density at radius 2 is 1.56 bits per heavy atom. The summed E-state index contributed by atoms with van der Waals surface area (Å²) in [7, 11) is 0. The number of carbonyl (C=O) groups is 1.